The van der Waals surface area contributed by atoms with E-state index < -0.39 is 0 Å². The van der Waals surface area contributed by atoms with Gasteiger partial charge in [-0.2, -0.15) is 0 Å². The highest BCUT2D eigenvalue weighted by atomic mass is 16.5. The third-order valence-electron chi connectivity index (χ3n) is 3.35. The molecule has 0 saturated carbocycles. The van der Waals surface area contributed by atoms with Crippen LogP contribution in [0.3, 0.4) is 0 Å². The van der Waals surface area contributed by atoms with Crippen LogP contribution >= 0.6 is 0 Å². The van der Waals surface area contributed by atoms with Gasteiger partial charge in [0.2, 0.25) is 0 Å². The van der Waals surface area contributed by atoms with Crippen molar-refractivity contribution in [3.63, 3.8) is 0 Å². The molecule has 0 aliphatic heterocycles. The predicted molar refractivity (Wildman–Crippen MR) is 84.2 cm³/mol. The number of hydrogen-bond acceptors (Lipinski definition) is 3. The van der Waals surface area contributed by atoms with Gasteiger partial charge in [-0.1, -0.05) is 12.1 Å². The fraction of sp³-hybridized carbons (Fsp3) is 0.235. The highest BCUT2D eigenvalue weighted by Gasteiger charge is 2.09. The second kappa shape index (κ2) is 6.41. The highest BCUT2D eigenvalue weighted by molar-refractivity contribution is 5.97. The molecule has 2 aromatic carbocycles. The molecule has 0 atom stereocenters. The quantitative estimate of drug-likeness (QED) is 0.597. The molecule has 0 bridgehead atoms. The first kappa shape index (κ1) is 15.1. The number of ether oxygens (including phenoxy) is 1. The van der Waals surface area contributed by atoms with Gasteiger partial charge in [0.25, 0.3) is 0 Å². The summed E-state index contributed by atoms with van der Waals surface area (Å²) in [5.41, 5.74) is 3.63. The van der Waals surface area contributed by atoms with E-state index in [-0.39, 0.29) is 6.61 Å². The van der Waals surface area contributed by atoms with Crippen molar-refractivity contribution in [2.24, 2.45) is 0 Å². The van der Waals surface area contributed by atoms with Gasteiger partial charge in [0, 0.05) is 12.6 Å². The van der Waals surface area contributed by atoms with Gasteiger partial charge in [-0.15, -0.1) is 0 Å². The maximum atomic E-state index is 9.17. The minimum atomic E-state index is -0.00647. The van der Waals surface area contributed by atoms with Gasteiger partial charge < -0.3 is 15.2 Å². The third kappa shape index (κ3) is 3.41. The van der Waals surface area contributed by atoms with Crippen LogP contribution in [0.2, 0.25) is 0 Å². The number of amidine groups is 1. The Labute approximate surface area is 124 Å². The Kier molecular flexibility index (Phi) is 4.60. The van der Waals surface area contributed by atoms with E-state index in [1.54, 1.807) is 7.05 Å². The fourth-order valence-electron chi connectivity index (χ4n) is 2.14. The van der Waals surface area contributed by atoms with Crippen LogP contribution in [0.25, 0.3) is 0 Å². The number of aryl methyl sites for hydroxylation is 2. The summed E-state index contributed by atoms with van der Waals surface area (Å²) in [6.45, 7) is 3.91. The smallest absolute Gasteiger partial charge is 0.130 e. The largest absolute Gasteiger partial charge is 0.457 e. The average Bonchev–Trinajstić information content (AvgIpc) is 2.50. The van der Waals surface area contributed by atoms with E-state index >= 15 is 0 Å². The van der Waals surface area contributed by atoms with Crippen molar-refractivity contribution in [2.75, 3.05) is 7.05 Å². The van der Waals surface area contributed by atoms with E-state index in [4.69, 9.17) is 15.3 Å². The van der Waals surface area contributed by atoms with Crippen molar-refractivity contribution in [2.45, 2.75) is 20.5 Å². The molecule has 4 nitrogen and oxygen atoms in total. The maximum absolute atomic E-state index is 9.17. The zero-order chi connectivity index (χ0) is 15.4. The second-order valence-corrected chi connectivity index (χ2v) is 4.97. The Morgan fingerprint density at radius 2 is 1.95 bits per heavy atom. The predicted octanol–water partition coefficient (Wildman–Crippen LogP) is 3.13. The Balaban J connectivity index is 2.32. The van der Waals surface area contributed by atoms with E-state index in [0.29, 0.717) is 11.6 Å². The molecule has 0 fully saturated rings. The molecule has 0 saturated heterocycles. The average molecular weight is 284 g/mol. The first-order valence-corrected chi connectivity index (χ1v) is 6.80. The SMILES string of the molecule is CNC(=N)c1cc(C)c(Oc2cccc(CO)c2)cc1C. The monoisotopic (exact) mass is 284 g/mol. The van der Waals surface area contributed by atoms with Gasteiger partial charge in [-0.05, 0) is 54.8 Å². The van der Waals surface area contributed by atoms with Gasteiger partial charge in [0.1, 0.15) is 17.3 Å². The summed E-state index contributed by atoms with van der Waals surface area (Å²) in [6, 6.07) is 11.3. The second-order valence-electron chi connectivity index (χ2n) is 4.97. The normalized spacial score (nSPS) is 10.3. The lowest BCUT2D eigenvalue weighted by Crippen LogP contribution is -2.19. The Hall–Kier alpha value is -2.33. The van der Waals surface area contributed by atoms with Crippen LogP contribution in [-0.4, -0.2) is 18.0 Å². The first-order chi connectivity index (χ1) is 10.0. The number of aliphatic hydroxyl groups excluding tert-OH is 1. The number of rotatable bonds is 4. The van der Waals surface area contributed by atoms with E-state index in [2.05, 4.69) is 5.32 Å². The Morgan fingerprint density at radius 1 is 1.19 bits per heavy atom. The van der Waals surface area contributed by atoms with Gasteiger partial charge in [0.15, 0.2) is 0 Å². The molecule has 21 heavy (non-hydrogen) atoms. The van der Waals surface area contributed by atoms with Crippen LogP contribution in [0, 0.1) is 19.3 Å². The van der Waals surface area contributed by atoms with Crippen LogP contribution < -0.4 is 10.1 Å². The summed E-state index contributed by atoms with van der Waals surface area (Å²) >= 11 is 0. The van der Waals surface area contributed by atoms with Crippen LogP contribution in [-0.2, 0) is 6.61 Å². The number of hydrogen-bond donors (Lipinski definition) is 3. The molecule has 0 aliphatic carbocycles. The minimum absolute atomic E-state index is 0.00647. The maximum Gasteiger partial charge on any atom is 0.130 e. The van der Waals surface area contributed by atoms with Crippen molar-refractivity contribution in [3.8, 4) is 11.5 Å². The molecule has 2 aromatic rings. The molecular weight excluding hydrogens is 264 g/mol. The van der Waals surface area contributed by atoms with Crippen molar-refractivity contribution in [3.05, 3.63) is 58.7 Å². The van der Waals surface area contributed by atoms with Crippen LogP contribution in [0.4, 0.5) is 0 Å². The number of benzene rings is 2. The fourth-order valence-corrected chi connectivity index (χ4v) is 2.14. The standard InChI is InChI=1S/C17H20N2O2/c1-11-8-16(12(2)7-15(11)17(18)19-3)21-14-6-4-5-13(9-14)10-20/h4-9,20H,10H2,1-3H3,(H2,18,19). The van der Waals surface area contributed by atoms with Gasteiger partial charge >= 0.3 is 0 Å². The lowest BCUT2D eigenvalue weighted by atomic mass is 10.0. The molecule has 0 aliphatic rings. The summed E-state index contributed by atoms with van der Waals surface area (Å²) in [4.78, 5) is 0. The van der Waals surface area contributed by atoms with E-state index in [0.717, 1.165) is 28.0 Å². The van der Waals surface area contributed by atoms with Gasteiger partial charge in [-0.25, -0.2) is 0 Å². The molecule has 4 heteroatoms. The third-order valence-corrected chi connectivity index (χ3v) is 3.35. The molecule has 0 heterocycles. The molecular formula is C17H20N2O2. The van der Waals surface area contributed by atoms with Crippen LogP contribution in [0.15, 0.2) is 36.4 Å². The molecule has 110 valence electrons. The van der Waals surface area contributed by atoms with Crippen LogP contribution in [0.5, 0.6) is 11.5 Å². The molecule has 0 spiro atoms. The molecule has 0 unspecified atom stereocenters. The van der Waals surface area contributed by atoms with Crippen molar-refractivity contribution < 1.29 is 9.84 Å². The Bertz CT molecular complexity index is 666. The lowest BCUT2D eigenvalue weighted by Gasteiger charge is -2.14. The zero-order valence-electron chi connectivity index (χ0n) is 12.5. The van der Waals surface area contributed by atoms with Gasteiger partial charge in [-0.3, -0.25) is 5.41 Å². The molecule has 2 rings (SSSR count). The summed E-state index contributed by atoms with van der Waals surface area (Å²) < 4.78 is 5.90. The highest BCUT2D eigenvalue weighted by Crippen LogP contribution is 2.28. The van der Waals surface area contributed by atoms with Crippen molar-refractivity contribution in [1.82, 2.24) is 5.32 Å². The first-order valence-electron chi connectivity index (χ1n) is 6.80. The van der Waals surface area contributed by atoms with Crippen molar-refractivity contribution in [1.29, 1.82) is 5.41 Å². The van der Waals surface area contributed by atoms with E-state index in [1.165, 1.54) is 0 Å². The van der Waals surface area contributed by atoms with E-state index in [1.807, 2.05) is 50.2 Å². The number of nitrogens with one attached hydrogen (secondary N) is 2. The summed E-state index contributed by atoms with van der Waals surface area (Å²) in [7, 11) is 1.74. The molecule has 0 radical (unpaired) electrons. The van der Waals surface area contributed by atoms with E-state index in [9.17, 15) is 0 Å². The zero-order valence-corrected chi connectivity index (χ0v) is 12.5. The molecule has 0 amide bonds. The number of aliphatic hydroxyl groups is 1. The summed E-state index contributed by atoms with van der Waals surface area (Å²) in [5, 5.41) is 19.9. The molecule has 3 N–H and O–H groups in total. The van der Waals surface area contributed by atoms with Crippen LogP contribution in [0.1, 0.15) is 22.3 Å². The van der Waals surface area contributed by atoms with Crippen molar-refractivity contribution >= 4 is 5.84 Å². The topological polar surface area (TPSA) is 65.3 Å². The summed E-state index contributed by atoms with van der Waals surface area (Å²) in [6.07, 6.45) is 0. The lowest BCUT2D eigenvalue weighted by molar-refractivity contribution is 0.281. The van der Waals surface area contributed by atoms with Gasteiger partial charge in [0.05, 0.1) is 6.61 Å². The Morgan fingerprint density at radius 3 is 2.62 bits per heavy atom. The summed E-state index contributed by atoms with van der Waals surface area (Å²) in [5.74, 6) is 1.85. The minimum Gasteiger partial charge on any atom is -0.457 e. The molecule has 0 aromatic heterocycles.